The van der Waals surface area contributed by atoms with E-state index in [0.29, 0.717) is 22.4 Å². The first-order valence-corrected chi connectivity index (χ1v) is 8.68. The standard InChI is InChI=1S/C22H15F3N2O2/c1-28-17-4-2-3-14(11-17)18-7-6-16(22(23,24)25)12-20(18)29-21-8-5-15-13-26-10-9-19(15)27-21/h2-13H,1H3. The van der Waals surface area contributed by atoms with Crippen molar-refractivity contribution in [3.05, 3.63) is 78.6 Å². The fourth-order valence-electron chi connectivity index (χ4n) is 2.93. The van der Waals surface area contributed by atoms with Crippen LogP contribution in [0.2, 0.25) is 0 Å². The van der Waals surface area contributed by atoms with Crippen LogP contribution in [-0.2, 0) is 6.18 Å². The van der Waals surface area contributed by atoms with E-state index in [2.05, 4.69) is 9.97 Å². The summed E-state index contributed by atoms with van der Waals surface area (Å²) in [6, 6.07) is 15.5. The number of halogens is 3. The van der Waals surface area contributed by atoms with E-state index in [1.807, 2.05) is 0 Å². The van der Waals surface area contributed by atoms with E-state index in [0.717, 1.165) is 17.5 Å². The van der Waals surface area contributed by atoms with Gasteiger partial charge in [0.15, 0.2) is 0 Å². The number of rotatable bonds is 4. The molecule has 0 saturated carbocycles. The molecule has 0 aliphatic rings. The Morgan fingerprint density at radius 2 is 1.79 bits per heavy atom. The molecule has 2 aromatic carbocycles. The summed E-state index contributed by atoms with van der Waals surface area (Å²) in [6.07, 6.45) is -1.25. The van der Waals surface area contributed by atoms with Crippen LogP contribution in [0, 0.1) is 0 Å². The molecular weight excluding hydrogens is 381 g/mol. The maximum Gasteiger partial charge on any atom is 0.416 e. The molecule has 0 bridgehead atoms. The van der Waals surface area contributed by atoms with Crippen molar-refractivity contribution in [2.24, 2.45) is 0 Å². The second kappa shape index (κ2) is 7.43. The van der Waals surface area contributed by atoms with Crippen LogP contribution in [-0.4, -0.2) is 17.1 Å². The predicted octanol–water partition coefficient (Wildman–Crippen LogP) is 6.12. The van der Waals surface area contributed by atoms with Crippen LogP contribution in [0.5, 0.6) is 17.4 Å². The third kappa shape index (κ3) is 3.99. The van der Waals surface area contributed by atoms with Crippen LogP contribution in [0.1, 0.15) is 5.56 Å². The second-order valence-electron chi connectivity index (χ2n) is 6.26. The third-order valence-corrected chi connectivity index (χ3v) is 4.37. The summed E-state index contributed by atoms with van der Waals surface area (Å²) >= 11 is 0. The average Bonchev–Trinajstić information content (AvgIpc) is 2.73. The fraction of sp³-hybridized carbons (Fsp3) is 0.0909. The lowest BCUT2D eigenvalue weighted by molar-refractivity contribution is -0.137. The van der Waals surface area contributed by atoms with Crippen molar-refractivity contribution in [2.75, 3.05) is 7.11 Å². The van der Waals surface area contributed by atoms with Gasteiger partial charge in [-0.3, -0.25) is 4.98 Å². The number of fused-ring (bicyclic) bond motifs is 1. The summed E-state index contributed by atoms with van der Waals surface area (Å²) < 4.78 is 50.8. The van der Waals surface area contributed by atoms with Gasteiger partial charge in [-0.25, -0.2) is 4.98 Å². The Kier molecular flexibility index (Phi) is 4.80. The van der Waals surface area contributed by atoms with Gasteiger partial charge in [0.25, 0.3) is 0 Å². The van der Waals surface area contributed by atoms with Crippen molar-refractivity contribution < 1.29 is 22.6 Å². The number of hydrogen-bond acceptors (Lipinski definition) is 4. The van der Waals surface area contributed by atoms with Gasteiger partial charge in [0, 0.05) is 29.4 Å². The number of nitrogens with zero attached hydrogens (tertiary/aromatic N) is 2. The molecule has 0 spiro atoms. The van der Waals surface area contributed by atoms with Crippen LogP contribution >= 0.6 is 0 Å². The van der Waals surface area contributed by atoms with Crippen molar-refractivity contribution in [3.63, 3.8) is 0 Å². The molecule has 0 atom stereocenters. The molecule has 0 amide bonds. The highest BCUT2D eigenvalue weighted by Crippen LogP contribution is 2.39. The van der Waals surface area contributed by atoms with Gasteiger partial charge in [0.05, 0.1) is 18.2 Å². The van der Waals surface area contributed by atoms with Gasteiger partial charge in [0.2, 0.25) is 5.88 Å². The summed E-state index contributed by atoms with van der Waals surface area (Å²) in [5, 5.41) is 0.803. The average molecular weight is 396 g/mol. The molecule has 29 heavy (non-hydrogen) atoms. The van der Waals surface area contributed by atoms with Gasteiger partial charge in [-0.15, -0.1) is 0 Å². The third-order valence-electron chi connectivity index (χ3n) is 4.37. The maximum absolute atomic E-state index is 13.3. The number of methoxy groups -OCH3 is 1. The number of aromatic nitrogens is 2. The lowest BCUT2D eigenvalue weighted by atomic mass is 10.0. The minimum absolute atomic E-state index is 0.0500. The Labute approximate surface area is 164 Å². The molecule has 146 valence electrons. The summed E-state index contributed by atoms with van der Waals surface area (Å²) in [5.41, 5.74) is 0.989. The lowest BCUT2D eigenvalue weighted by Gasteiger charge is -2.15. The zero-order chi connectivity index (χ0) is 20.4. The largest absolute Gasteiger partial charge is 0.497 e. The molecule has 4 aromatic rings. The molecule has 2 aromatic heterocycles. The van der Waals surface area contributed by atoms with Gasteiger partial charge >= 0.3 is 6.18 Å². The van der Waals surface area contributed by atoms with Crippen LogP contribution in [0.4, 0.5) is 13.2 Å². The van der Waals surface area contributed by atoms with E-state index in [1.165, 1.54) is 13.2 Å². The van der Waals surface area contributed by atoms with Crippen molar-refractivity contribution >= 4 is 10.9 Å². The minimum atomic E-state index is -4.49. The smallest absolute Gasteiger partial charge is 0.416 e. The molecule has 0 saturated heterocycles. The molecule has 0 unspecified atom stereocenters. The minimum Gasteiger partial charge on any atom is -0.497 e. The first-order chi connectivity index (χ1) is 13.9. The van der Waals surface area contributed by atoms with Crippen LogP contribution < -0.4 is 9.47 Å². The summed E-state index contributed by atoms with van der Waals surface area (Å²) in [4.78, 5) is 8.38. The highest BCUT2D eigenvalue weighted by molar-refractivity contribution is 5.78. The molecule has 4 rings (SSSR count). The molecule has 0 aliphatic carbocycles. The first-order valence-electron chi connectivity index (χ1n) is 8.68. The Balaban J connectivity index is 1.81. The quantitative estimate of drug-likeness (QED) is 0.417. The number of hydrogen-bond donors (Lipinski definition) is 0. The summed E-state index contributed by atoms with van der Waals surface area (Å²) in [5.74, 6) is 0.825. The molecule has 0 fully saturated rings. The van der Waals surface area contributed by atoms with Crippen molar-refractivity contribution in [1.82, 2.24) is 9.97 Å². The first kappa shape index (κ1) is 18.7. The van der Waals surface area contributed by atoms with Crippen molar-refractivity contribution in [3.8, 4) is 28.5 Å². The van der Waals surface area contributed by atoms with Gasteiger partial charge in [0.1, 0.15) is 11.5 Å². The van der Waals surface area contributed by atoms with Crippen LogP contribution in [0.25, 0.3) is 22.0 Å². The monoisotopic (exact) mass is 396 g/mol. The fourth-order valence-corrected chi connectivity index (χ4v) is 2.93. The highest BCUT2D eigenvalue weighted by Gasteiger charge is 2.31. The lowest BCUT2D eigenvalue weighted by Crippen LogP contribution is -2.05. The maximum atomic E-state index is 13.3. The Hall–Kier alpha value is -3.61. The van der Waals surface area contributed by atoms with Gasteiger partial charge in [-0.2, -0.15) is 13.2 Å². The Bertz CT molecular complexity index is 1180. The molecule has 0 radical (unpaired) electrons. The summed E-state index contributed by atoms with van der Waals surface area (Å²) in [6.45, 7) is 0. The summed E-state index contributed by atoms with van der Waals surface area (Å²) in [7, 11) is 1.52. The molecule has 0 aliphatic heterocycles. The zero-order valence-corrected chi connectivity index (χ0v) is 15.3. The number of benzene rings is 2. The molecule has 2 heterocycles. The number of pyridine rings is 2. The van der Waals surface area contributed by atoms with E-state index in [1.54, 1.807) is 54.9 Å². The van der Waals surface area contributed by atoms with Gasteiger partial charge < -0.3 is 9.47 Å². The van der Waals surface area contributed by atoms with Gasteiger partial charge in [-0.05, 0) is 42.0 Å². The predicted molar refractivity (Wildman–Crippen MR) is 103 cm³/mol. The topological polar surface area (TPSA) is 44.2 Å². The Morgan fingerprint density at radius 1 is 0.931 bits per heavy atom. The van der Waals surface area contributed by atoms with Crippen LogP contribution in [0.15, 0.2) is 73.1 Å². The second-order valence-corrected chi connectivity index (χ2v) is 6.26. The molecule has 0 N–H and O–H groups in total. The SMILES string of the molecule is COc1cccc(-c2ccc(C(F)(F)F)cc2Oc2ccc3cnccc3n2)c1. The van der Waals surface area contributed by atoms with E-state index >= 15 is 0 Å². The van der Waals surface area contributed by atoms with E-state index in [4.69, 9.17) is 9.47 Å². The molecule has 4 nitrogen and oxygen atoms in total. The Morgan fingerprint density at radius 3 is 2.59 bits per heavy atom. The van der Waals surface area contributed by atoms with E-state index in [9.17, 15) is 13.2 Å². The highest BCUT2D eigenvalue weighted by atomic mass is 19.4. The van der Waals surface area contributed by atoms with Gasteiger partial charge in [-0.1, -0.05) is 18.2 Å². The number of ether oxygens (including phenoxy) is 2. The van der Waals surface area contributed by atoms with E-state index in [-0.39, 0.29) is 11.6 Å². The zero-order valence-electron chi connectivity index (χ0n) is 15.3. The molecule has 7 heteroatoms. The number of alkyl halides is 3. The van der Waals surface area contributed by atoms with E-state index < -0.39 is 11.7 Å². The normalized spacial score (nSPS) is 11.4. The molecular formula is C22H15F3N2O2. The van der Waals surface area contributed by atoms with Crippen molar-refractivity contribution in [1.29, 1.82) is 0 Å². The van der Waals surface area contributed by atoms with Crippen LogP contribution in [0.3, 0.4) is 0 Å². The van der Waals surface area contributed by atoms with Crippen molar-refractivity contribution in [2.45, 2.75) is 6.18 Å².